The Morgan fingerprint density at radius 1 is 1.27 bits per heavy atom. The molecule has 4 rings (SSSR count). The molecule has 2 aliphatic rings. The SMILES string of the molecule is C[C@H]1C[C@H]2C(=O)N(C)C(N)=N[C@@]2(c2cc(Oc3cnc(F)cc3F)ccc2F)CO1. The summed E-state index contributed by atoms with van der Waals surface area (Å²) in [5, 5.41) is 0. The van der Waals surface area contributed by atoms with E-state index in [1.54, 1.807) is 0 Å². The highest BCUT2D eigenvalue weighted by molar-refractivity contribution is 6.00. The molecule has 2 N–H and O–H groups in total. The number of pyridine rings is 1. The number of nitrogens with zero attached hydrogens (tertiary/aromatic N) is 3. The number of rotatable bonds is 3. The van der Waals surface area contributed by atoms with Crippen molar-refractivity contribution in [3.05, 3.63) is 53.6 Å². The number of benzene rings is 1. The molecule has 2 aliphatic heterocycles. The van der Waals surface area contributed by atoms with E-state index in [9.17, 15) is 18.0 Å². The number of nitrogens with two attached hydrogens (primary N) is 1. The Morgan fingerprint density at radius 3 is 2.77 bits per heavy atom. The minimum absolute atomic E-state index is 0.0387. The fourth-order valence-electron chi connectivity index (χ4n) is 3.83. The van der Waals surface area contributed by atoms with Crippen LogP contribution in [0.5, 0.6) is 11.5 Å². The minimum atomic E-state index is -1.39. The number of aromatic nitrogens is 1. The predicted molar refractivity (Wildman–Crippen MR) is 100 cm³/mol. The molecule has 158 valence electrons. The number of guanidine groups is 1. The van der Waals surface area contributed by atoms with E-state index in [1.165, 1.54) is 24.1 Å². The lowest BCUT2D eigenvalue weighted by atomic mass is 9.72. The molecule has 0 bridgehead atoms. The zero-order chi connectivity index (χ0) is 21.6. The zero-order valence-electron chi connectivity index (χ0n) is 16.2. The topological polar surface area (TPSA) is 90.0 Å². The Hall–Kier alpha value is -3.14. The average Bonchev–Trinajstić information content (AvgIpc) is 2.70. The van der Waals surface area contributed by atoms with Crippen molar-refractivity contribution in [2.24, 2.45) is 16.6 Å². The molecule has 1 aromatic carbocycles. The molecular formula is C20H19F3N4O3. The number of carbonyl (C=O) groups excluding carboxylic acids is 1. The van der Waals surface area contributed by atoms with Gasteiger partial charge in [0, 0.05) is 18.7 Å². The summed E-state index contributed by atoms with van der Waals surface area (Å²) in [6, 6.07) is 4.30. The van der Waals surface area contributed by atoms with Gasteiger partial charge in [0.25, 0.3) is 0 Å². The highest BCUT2D eigenvalue weighted by Crippen LogP contribution is 2.46. The molecule has 0 radical (unpaired) electrons. The molecule has 2 aromatic rings. The number of amides is 1. The lowest BCUT2D eigenvalue weighted by Crippen LogP contribution is -2.59. The summed E-state index contributed by atoms with van der Waals surface area (Å²) in [6.45, 7) is 1.75. The van der Waals surface area contributed by atoms with Crippen LogP contribution < -0.4 is 10.5 Å². The number of carbonyl (C=O) groups is 1. The first-order valence-corrected chi connectivity index (χ1v) is 9.24. The Bertz CT molecular complexity index is 1050. The molecule has 0 saturated carbocycles. The summed E-state index contributed by atoms with van der Waals surface area (Å²) in [6.07, 6.45) is 0.980. The second kappa shape index (κ2) is 7.28. The van der Waals surface area contributed by atoms with Crippen LogP contribution in [0.15, 0.2) is 35.5 Å². The maximum Gasteiger partial charge on any atom is 0.235 e. The van der Waals surface area contributed by atoms with Crippen LogP contribution in [0.3, 0.4) is 0 Å². The summed E-state index contributed by atoms with van der Waals surface area (Å²) in [5.74, 6) is -3.93. The number of hydrogen-bond donors (Lipinski definition) is 1. The maximum absolute atomic E-state index is 15.0. The van der Waals surface area contributed by atoms with E-state index < -0.39 is 29.0 Å². The summed E-state index contributed by atoms with van der Waals surface area (Å²) in [4.78, 5) is 22.0. The quantitative estimate of drug-likeness (QED) is 0.772. The van der Waals surface area contributed by atoms with Crippen LogP contribution in [0, 0.1) is 23.5 Å². The van der Waals surface area contributed by atoms with Gasteiger partial charge in [0.05, 0.1) is 24.8 Å². The molecule has 1 amide bonds. The fourth-order valence-corrected chi connectivity index (χ4v) is 3.83. The van der Waals surface area contributed by atoms with Gasteiger partial charge in [-0.2, -0.15) is 4.39 Å². The molecule has 30 heavy (non-hydrogen) atoms. The van der Waals surface area contributed by atoms with Gasteiger partial charge in [-0.15, -0.1) is 0 Å². The van der Waals surface area contributed by atoms with Gasteiger partial charge in [-0.05, 0) is 31.5 Å². The van der Waals surface area contributed by atoms with Crippen LogP contribution in [0.25, 0.3) is 0 Å². The van der Waals surface area contributed by atoms with E-state index in [2.05, 4.69) is 9.98 Å². The van der Waals surface area contributed by atoms with Crippen LogP contribution in [-0.4, -0.2) is 41.5 Å². The third-order valence-electron chi connectivity index (χ3n) is 5.44. The predicted octanol–water partition coefficient (Wildman–Crippen LogP) is 2.70. The van der Waals surface area contributed by atoms with E-state index in [-0.39, 0.29) is 41.6 Å². The molecule has 0 spiro atoms. The zero-order valence-corrected chi connectivity index (χ0v) is 16.2. The Balaban J connectivity index is 1.80. The second-order valence-electron chi connectivity index (χ2n) is 7.38. The highest BCUT2D eigenvalue weighted by atomic mass is 19.1. The molecular weight excluding hydrogens is 401 g/mol. The van der Waals surface area contributed by atoms with Crippen LogP contribution in [0.4, 0.5) is 13.2 Å². The van der Waals surface area contributed by atoms with Gasteiger partial charge in [0.1, 0.15) is 17.1 Å². The lowest BCUT2D eigenvalue weighted by molar-refractivity contribution is -0.144. The van der Waals surface area contributed by atoms with Gasteiger partial charge in [0.15, 0.2) is 17.5 Å². The summed E-state index contributed by atoms with van der Waals surface area (Å²) in [7, 11) is 1.51. The molecule has 0 aliphatic carbocycles. The third kappa shape index (κ3) is 3.26. The molecule has 1 fully saturated rings. The molecule has 1 aromatic heterocycles. The average molecular weight is 420 g/mol. The highest BCUT2D eigenvalue weighted by Gasteiger charge is 2.54. The van der Waals surface area contributed by atoms with Crippen molar-refractivity contribution in [1.29, 1.82) is 0 Å². The summed E-state index contributed by atoms with van der Waals surface area (Å²) < 4.78 is 53.1. The largest absolute Gasteiger partial charge is 0.453 e. The number of aliphatic imine (C=N–C) groups is 1. The van der Waals surface area contributed by atoms with Gasteiger partial charge in [-0.25, -0.2) is 18.8 Å². The monoisotopic (exact) mass is 420 g/mol. The van der Waals surface area contributed by atoms with Crippen LogP contribution in [-0.2, 0) is 15.1 Å². The number of ether oxygens (including phenoxy) is 2. The van der Waals surface area contributed by atoms with Crippen molar-refractivity contribution >= 4 is 11.9 Å². The first kappa shape index (κ1) is 20.1. The minimum Gasteiger partial charge on any atom is -0.453 e. The number of halogens is 3. The van der Waals surface area contributed by atoms with Gasteiger partial charge in [0.2, 0.25) is 11.9 Å². The van der Waals surface area contributed by atoms with E-state index in [4.69, 9.17) is 15.2 Å². The van der Waals surface area contributed by atoms with Crippen molar-refractivity contribution < 1.29 is 27.4 Å². The Kier molecular flexibility index (Phi) is 4.89. The summed E-state index contributed by atoms with van der Waals surface area (Å²) in [5.41, 5.74) is 4.58. The molecule has 0 unspecified atom stereocenters. The van der Waals surface area contributed by atoms with E-state index in [1.807, 2.05) is 6.92 Å². The van der Waals surface area contributed by atoms with Crippen molar-refractivity contribution in [2.45, 2.75) is 25.0 Å². The first-order valence-electron chi connectivity index (χ1n) is 9.24. The lowest BCUT2D eigenvalue weighted by Gasteiger charge is -2.46. The van der Waals surface area contributed by atoms with Crippen LogP contribution in [0.2, 0.25) is 0 Å². The standard InChI is InChI=1S/C20H19F3N4O3/c1-10-5-13-18(28)27(2)19(24)26-20(13,9-29-10)12-6-11(3-4-14(12)21)30-16-8-25-17(23)7-15(16)22/h3-4,6-8,10,13H,5,9H2,1-2H3,(H2,24,26)/t10-,13-,20+/m0/s1. The number of fused-ring (bicyclic) bond motifs is 1. The molecule has 7 nitrogen and oxygen atoms in total. The van der Waals surface area contributed by atoms with Crippen LogP contribution in [0.1, 0.15) is 18.9 Å². The normalized spacial score (nSPS) is 26.2. The first-order chi connectivity index (χ1) is 14.2. The van der Waals surface area contributed by atoms with Gasteiger partial charge >= 0.3 is 0 Å². The van der Waals surface area contributed by atoms with E-state index >= 15 is 0 Å². The van der Waals surface area contributed by atoms with Crippen molar-refractivity contribution in [1.82, 2.24) is 9.88 Å². The summed E-state index contributed by atoms with van der Waals surface area (Å²) >= 11 is 0. The Morgan fingerprint density at radius 2 is 2.03 bits per heavy atom. The maximum atomic E-state index is 15.0. The Labute approximate surface area is 170 Å². The second-order valence-corrected chi connectivity index (χ2v) is 7.38. The fraction of sp³-hybridized carbons (Fsp3) is 0.350. The third-order valence-corrected chi connectivity index (χ3v) is 5.44. The van der Waals surface area contributed by atoms with E-state index in [0.29, 0.717) is 12.5 Å². The molecule has 1 saturated heterocycles. The number of hydrogen-bond acceptors (Lipinski definition) is 6. The van der Waals surface area contributed by atoms with Crippen molar-refractivity contribution in [2.75, 3.05) is 13.7 Å². The smallest absolute Gasteiger partial charge is 0.235 e. The van der Waals surface area contributed by atoms with E-state index in [0.717, 1.165) is 12.3 Å². The van der Waals surface area contributed by atoms with Gasteiger partial charge < -0.3 is 15.2 Å². The van der Waals surface area contributed by atoms with Crippen molar-refractivity contribution in [3.63, 3.8) is 0 Å². The van der Waals surface area contributed by atoms with Gasteiger partial charge in [-0.1, -0.05) is 0 Å². The van der Waals surface area contributed by atoms with Crippen LogP contribution >= 0.6 is 0 Å². The van der Waals surface area contributed by atoms with Gasteiger partial charge in [-0.3, -0.25) is 9.69 Å². The molecule has 10 heteroatoms. The van der Waals surface area contributed by atoms with Crippen molar-refractivity contribution in [3.8, 4) is 11.5 Å². The molecule has 3 heterocycles. The molecule has 3 atom stereocenters.